The molecule has 0 aromatic carbocycles. The number of hydrogen-bond donors (Lipinski definition) is 0. The molecule has 0 saturated carbocycles. The third-order valence-electron chi connectivity index (χ3n) is 1.74. The van der Waals surface area contributed by atoms with E-state index in [0.717, 1.165) is 0 Å². The van der Waals surface area contributed by atoms with Crippen molar-refractivity contribution < 1.29 is 8.42 Å². The second-order valence-electron chi connectivity index (χ2n) is 2.45. The van der Waals surface area contributed by atoms with E-state index in [2.05, 4.69) is 0 Å². The van der Waals surface area contributed by atoms with Gasteiger partial charge < -0.3 is 0 Å². The molecule has 0 unspecified atom stereocenters. The van der Waals surface area contributed by atoms with Gasteiger partial charge in [0.1, 0.15) is 0 Å². The molecular weight excluding hydrogens is 150 g/mol. The number of hydrogen-bond acceptors (Lipinski definition) is 3. The zero-order chi connectivity index (χ0) is 7.61. The molecule has 1 aliphatic heterocycles. The molecular formula is C6H12NO2S. The maximum atomic E-state index is 10.9. The number of sulfone groups is 1. The lowest BCUT2D eigenvalue weighted by Gasteiger charge is -2.24. The summed E-state index contributed by atoms with van der Waals surface area (Å²) in [5, 5.41) is 0. The second kappa shape index (κ2) is 2.88. The van der Waals surface area contributed by atoms with Crippen LogP contribution < -0.4 is 0 Å². The molecule has 1 radical (unpaired) electrons. The van der Waals surface area contributed by atoms with Gasteiger partial charge in [-0.25, -0.2) is 8.42 Å². The van der Waals surface area contributed by atoms with Gasteiger partial charge in [-0.3, -0.25) is 4.90 Å². The van der Waals surface area contributed by atoms with Gasteiger partial charge in [0.05, 0.1) is 11.5 Å². The Morgan fingerprint density at radius 2 is 1.80 bits per heavy atom. The normalized spacial score (nSPS) is 26.5. The van der Waals surface area contributed by atoms with Crippen molar-refractivity contribution in [3.63, 3.8) is 0 Å². The summed E-state index contributed by atoms with van der Waals surface area (Å²) >= 11 is 0. The molecule has 0 N–H and O–H groups in total. The van der Waals surface area contributed by atoms with E-state index < -0.39 is 9.84 Å². The van der Waals surface area contributed by atoms with E-state index in [4.69, 9.17) is 0 Å². The smallest absolute Gasteiger partial charge is 0.152 e. The van der Waals surface area contributed by atoms with Crippen LogP contribution in [0.3, 0.4) is 0 Å². The van der Waals surface area contributed by atoms with Gasteiger partial charge in [0, 0.05) is 19.6 Å². The molecule has 0 amide bonds. The summed E-state index contributed by atoms with van der Waals surface area (Å²) in [5.74, 6) is 0.634. The minimum absolute atomic E-state index is 0.317. The average Bonchev–Trinajstić information content (AvgIpc) is 1.88. The highest BCUT2D eigenvalue weighted by Crippen LogP contribution is 2.03. The Labute approximate surface area is 61.9 Å². The number of nitrogens with zero attached hydrogens (tertiary/aromatic N) is 1. The van der Waals surface area contributed by atoms with E-state index in [9.17, 15) is 8.42 Å². The standard InChI is InChI=1S/C6H12NO2S/c1-2-7-3-5-10(8,9)6-4-7/h2H,3-6H2,1H3. The Morgan fingerprint density at radius 3 is 2.20 bits per heavy atom. The SMILES string of the molecule is C[CH]N1CCS(=O)(=O)CC1. The lowest BCUT2D eigenvalue weighted by molar-refractivity contribution is 0.362. The van der Waals surface area contributed by atoms with Crippen LogP contribution in [-0.4, -0.2) is 37.9 Å². The molecule has 0 spiro atoms. The van der Waals surface area contributed by atoms with Gasteiger partial charge in [0.15, 0.2) is 9.84 Å². The van der Waals surface area contributed by atoms with Crippen molar-refractivity contribution in [3.8, 4) is 0 Å². The van der Waals surface area contributed by atoms with Crippen molar-refractivity contribution in [2.45, 2.75) is 6.92 Å². The molecule has 0 bridgehead atoms. The molecule has 0 atom stereocenters. The summed E-state index contributed by atoms with van der Waals surface area (Å²) < 4.78 is 21.7. The van der Waals surface area contributed by atoms with E-state index in [1.165, 1.54) is 0 Å². The highest BCUT2D eigenvalue weighted by Gasteiger charge is 2.19. The fourth-order valence-electron chi connectivity index (χ4n) is 0.985. The van der Waals surface area contributed by atoms with Crippen molar-refractivity contribution in [2.75, 3.05) is 24.6 Å². The van der Waals surface area contributed by atoms with E-state index in [0.29, 0.717) is 24.6 Å². The van der Waals surface area contributed by atoms with Crippen molar-refractivity contribution in [1.82, 2.24) is 4.90 Å². The molecule has 3 nitrogen and oxygen atoms in total. The van der Waals surface area contributed by atoms with Gasteiger partial charge in [0.25, 0.3) is 0 Å². The lowest BCUT2D eigenvalue weighted by Crippen LogP contribution is -2.37. The summed E-state index contributed by atoms with van der Waals surface area (Å²) in [5.41, 5.74) is 0. The molecule has 1 aliphatic rings. The summed E-state index contributed by atoms with van der Waals surface area (Å²) in [6.07, 6.45) is 0. The third-order valence-corrected chi connectivity index (χ3v) is 3.35. The van der Waals surface area contributed by atoms with Crippen LogP contribution in [0, 0.1) is 6.54 Å². The van der Waals surface area contributed by atoms with Gasteiger partial charge in [-0.2, -0.15) is 0 Å². The van der Waals surface area contributed by atoms with Gasteiger partial charge in [-0.1, -0.05) is 0 Å². The molecule has 59 valence electrons. The minimum Gasteiger partial charge on any atom is -0.297 e. The van der Waals surface area contributed by atoms with E-state index in [-0.39, 0.29) is 0 Å². The summed E-state index contributed by atoms with van der Waals surface area (Å²) in [7, 11) is -2.69. The lowest BCUT2D eigenvalue weighted by atomic mass is 10.5. The Kier molecular flexibility index (Phi) is 2.31. The fraction of sp³-hybridized carbons (Fsp3) is 0.833. The summed E-state index contributed by atoms with van der Waals surface area (Å²) in [6, 6.07) is 0. The Bertz CT molecular complexity index is 184. The zero-order valence-corrected chi connectivity index (χ0v) is 6.89. The molecule has 0 aromatic heterocycles. The summed E-state index contributed by atoms with van der Waals surface area (Å²) in [6.45, 7) is 5.20. The van der Waals surface area contributed by atoms with E-state index in [1.54, 1.807) is 0 Å². The van der Waals surface area contributed by atoms with Crippen LogP contribution in [0.4, 0.5) is 0 Å². The monoisotopic (exact) mass is 162 g/mol. The predicted octanol–water partition coefficient (Wildman–Crippen LogP) is -0.102. The third kappa shape index (κ3) is 1.95. The first-order valence-electron chi connectivity index (χ1n) is 3.38. The minimum atomic E-state index is -2.69. The molecule has 4 heteroatoms. The van der Waals surface area contributed by atoms with Crippen LogP contribution in [0.15, 0.2) is 0 Å². The van der Waals surface area contributed by atoms with Gasteiger partial charge in [0.2, 0.25) is 0 Å². The maximum absolute atomic E-state index is 10.9. The van der Waals surface area contributed by atoms with Gasteiger partial charge in [-0.15, -0.1) is 0 Å². The first kappa shape index (κ1) is 8.01. The van der Waals surface area contributed by atoms with Gasteiger partial charge >= 0.3 is 0 Å². The zero-order valence-electron chi connectivity index (χ0n) is 6.08. The average molecular weight is 162 g/mol. The Morgan fingerprint density at radius 1 is 1.30 bits per heavy atom. The second-order valence-corrected chi connectivity index (χ2v) is 4.75. The van der Waals surface area contributed by atoms with Crippen LogP contribution in [0.5, 0.6) is 0 Å². The van der Waals surface area contributed by atoms with Crippen molar-refractivity contribution >= 4 is 9.84 Å². The largest absolute Gasteiger partial charge is 0.297 e. The number of rotatable bonds is 1. The molecule has 1 saturated heterocycles. The first-order chi connectivity index (χ1) is 4.64. The fourth-order valence-corrected chi connectivity index (χ4v) is 2.21. The van der Waals surface area contributed by atoms with Crippen LogP contribution in [0.25, 0.3) is 0 Å². The maximum Gasteiger partial charge on any atom is 0.152 e. The predicted molar refractivity (Wildman–Crippen MR) is 40.2 cm³/mol. The van der Waals surface area contributed by atoms with E-state index in [1.807, 2.05) is 18.4 Å². The molecule has 1 fully saturated rings. The van der Waals surface area contributed by atoms with Crippen LogP contribution in [0.1, 0.15) is 6.92 Å². The summed E-state index contributed by atoms with van der Waals surface area (Å²) in [4.78, 5) is 2.03. The van der Waals surface area contributed by atoms with Gasteiger partial charge in [-0.05, 0) is 6.92 Å². The van der Waals surface area contributed by atoms with Crippen LogP contribution in [0.2, 0.25) is 0 Å². The van der Waals surface area contributed by atoms with Crippen molar-refractivity contribution in [3.05, 3.63) is 6.54 Å². The Hall–Kier alpha value is -0.0900. The molecule has 1 rings (SSSR count). The van der Waals surface area contributed by atoms with Crippen LogP contribution >= 0.6 is 0 Å². The molecule has 10 heavy (non-hydrogen) atoms. The first-order valence-corrected chi connectivity index (χ1v) is 5.20. The molecule has 0 aliphatic carbocycles. The highest BCUT2D eigenvalue weighted by atomic mass is 32.2. The van der Waals surface area contributed by atoms with Crippen molar-refractivity contribution in [2.24, 2.45) is 0 Å². The quantitative estimate of drug-likeness (QED) is 0.540. The molecule has 1 heterocycles. The van der Waals surface area contributed by atoms with Crippen molar-refractivity contribution in [1.29, 1.82) is 0 Å². The highest BCUT2D eigenvalue weighted by molar-refractivity contribution is 7.91. The topological polar surface area (TPSA) is 37.4 Å². The van der Waals surface area contributed by atoms with Crippen LogP contribution in [-0.2, 0) is 9.84 Å². The molecule has 0 aromatic rings. The Balaban J connectivity index is 2.46. The van der Waals surface area contributed by atoms with E-state index >= 15 is 0 Å².